The molecule has 14 N–H and O–H groups in total. The summed E-state index contributed by atoms with van der Waals surface area (Å²) in [5.41, 5.74) is -0.206. The van der Waals surface area contributed by atoms with E-state index in [0.29, 0.717) is 54.4 Å². The normalized spacial score (nSPS) is 12.9. The number of phenols is 3. The minimum absolute atomic E-state index is 0.00291. The van der Waals surface area contributed by atoms with E-state index in [1.807, 2.05) is 0 Å². The van der Waals surface area contributed by atoms with Crippen molar-refractivity contribution in [2.24, 2.45) is 51.1 Å². The zero-order chi connectivity index (χ0) is 81.5. The Kier molecular flexibility index (Phi) is 26.7. The number of benzene rings is 9. The third-order valence-corrected chi connectivity index (χ3v) is 21.8. The maximum atomic E-state index is 13.4. The van der Waals surface area contributed by atoms with Crippen molar-refractivity contribution in [2.45, 2.75) is 61.0 Å². The summed E-state index contributed by atoms with van der Waals surface area (Å²) in [6, 6.07) is 13.4. The van der Waals surface area contributed by atoms with Gasteiger partial charge in [-0.1, -0.05) is 15.1 Å². The standard InChI is InChI=1S/C56H48N12O34S9/c1-25-13-38(43(95-9-3-11-103-100-97-74)23-37(25)61-64-40-18-29(106(77,78)79)15-27-16-30(107(80,81)82)19-42(69)49(27)40)62-60-36-22-44(96-10-4-12-104-101-98-75)39(14-26(36)2)63-67-53-48(110(89,90)91)21-32-31(54(53)70)6-8-35(56(32)111(92,93)94)59-65-41-24-46(108(83,84)85)33-20-45(105-102-99-76)52(55(71)50(33)51(41)57)66-58-34-7-5-28(68(72)73)17-47(34)109(86,87)88/h5-8,13-24,69-71,74-76H,3-4,9-12,57H2,1-2H3,(H,77,78,79)(H,80,81,82)(H,83,84,85)(H,86,87,88)(H,89,90,91)(H,92,93,94). The zero-order valence-electron chi connectivity index (χ0n) is 55.0. The van der Waals surface area contributed by atoms with Gasteiger partial charge in [0.2, 0.25) is 0 Å². The van der Waals surface area contributed by atoms with Crippen LogP contribution in [0, 0.1) is 24.0 Å². The average molecular weight is 1720 g/mol. The van der Waals surface area contributed by atoms with E-state index in [1.165, 1.54) is 38.1 Å². The van der Waals surface area contributed by atoms with Gasteiger partial charge in [0.1, 0.15) is 76.6 Å². The molecule has 0 aromatic heterocycles. The van der Waals surface area contributed by atoms with Gasteiger partial charge in [-0.05, 0) is 110 Å². The van der Waals surface area contributed by atoms with Crippen LogP contribution < -0.4 is 15.2 Å². The smallest absolute Gasteiger partial charge is 0.297 e. The number of nitrogens with zero attached hydrogens (tertiary/aromatic N) is 11. The summed E-state index contributed by atoms with van der Waals surface area (Å²) in [6.07, 6.45) is 0.349. The summed E-state index contributed by atoms with van der Waals surface area (Å²) < 4.78 is 239. The van der Waals surface area contributed by atoms with Gasteiger partial charge in [0.25, 0.3) is 66.4 Å². The van der Waals surface area contributed by atoms with Crippen molar-refractivity contribution in [3.63, 3.8) is 0 Å². The van der Waals surface area contributed by atoms with E-state index in [2.05, 4.69) is 79.3 Å². The first kappa shape index (κ1) is 85.1. The molecule has 0 saturated carbocycles. The molecule has 9 aromatic carbocycles. The number of nitrogens with two attached hydrogens (primary N) is 1. The van der Waals surface area contributed by atoms with Crippen LogP contribution in [0.15, 0.2) is 182 Å². The van der Waals surface area contributed by atoms with Gasteiger partial charge in [0.05, 0.1) is 78.4 Å². The van der Waals surface area contributed by atoms with Gasteiger partial charge in [0.15, 0.2) is 11.5 Å². The Balaban J connectivity index is 1.12. The van der Waals surface area contributed by atoms with Gasteiger partial charge in [-0.25, -0.2) is 15.8 Å². The van der Waals surface area contributed by atoms with Crippen LogP contribution in [0.1, 0.15) is 24.0 Å². The van der Waals surface area contributed by atoms with Crippen molar-refractivity contribution < 1.29 is 151 Å². The van der Waals surface area contributed by atoms with Gasteiger partial charge in [0, 0.05) is 82.1 Å². The molecule has 590 valence electrons. The van der Waals surface area contributed by atoms with Crippen molar-refractivity contribution in [3.05, 3.63) is 118 Å². The molecular weight excluding hydrogens is 1670 g/mol. The average Bonchev–Trinajstić information content (AvgIpc) is 0.748. The highest BCUT2D eigenvalue weighted by Gasteiger charge is 2.31. The Labute approximate surface area is 634 Å². The molecule has 9 rings (SSSR count). The number of rotatable bonds is 34. The van der Waals surface area contributed by atoms with Gasteiger partial charge >= 0.3 is 0 Å². The molecule has 9 aromatic rings. The van der Waals surface area contributed by atoms with E-state index in [0.717, 1.165) is 42.5 Å². The lowest BCUT2D eigenvalue weighted by atomic mass is 10.0. The molecule has 0 heterocycles. The molecular formula is C56H48N12O34S9. The minimum Gasteiger partial charge on any atom is -0.507 e. The summed E-state index contributed by atoms with van der Waals surface area (Å²) in [4.78, 5) is 2.96. The maximum Gasteiger partial charge on any atom is 0.297 e. The number of hydrogen-bond donors (Lipinski definition) is 13. The van der Waals surface area contributed by atoms with Crippen LogP contribution in [0.25, 0.3) is 32.3 Å². The van der Waals surface area contributed by atoms with Gasteiger partial charge in [-0.15, -0.1) is 53.9 Å². The van der Waals surface area contributed by atoms with Crippen LogP contribution in [-0.2, 0) is 88.8 Å². The van der Waals surface area contributed by atoms with E-state index in [9.17, 15) is 103 Å². The van der Waals surface area contributed by atoms with Gasteiger partial charge < -0.3 is 30.5 Å². The Morgan fingerprint density at radius 1 is 0.441 bits per heavy atom. The molecule has 0 fully saturated rings. The fourth-order valence-electron chi connectivity index (χ4n) is 9.91. The largest absolute Gasteiger partial charge is 0.507 e. The number of azo groups is 5. The third kappa shape index (κ3) is 20.4. The van der Waals surface area contributed by atoms with Crippen molar-refractivity contribution in [1.29, 1.82) is 0 Å². The number of anilines is 1. The number of fused-ring (bicyclic) bond motifs is 3. The zero-order valence-corrected chi connectivity index (χ0v) is 62.3. The molecule has 0 aliphatic heterocycles. The van der Waals surface area contributed by atoms with E-state index < -0.39 is 184 Å². The van der Waals surface area contributed by atoms with Gasteiger partial charge in [-0.2, -0.15) is 60.7 Å². The second-order valence-corrected chi connectivity index (χ2v) is 32.6. The molecule has 0 aliphatic carbocycles. The third-order valence-electron chi connectivity index (χ3n) is 14.7. The molecule has 111 heavy (non-hydrogen) atoms. The molecule has 0 aliphatic rings. The van der Waals surface area contributed by atoms with Crippen molar-refractivity contribution in [3.8, 4) is 28.7 Å². The van der Waals surface area contributed by atoms with E-state index in [1.54, 1.807) is 0 Å². The van der Waals surface area contributed by atoms with E-state index in [4.69, 9.17) is 31.0 Å². The first-order valence-corrected chi connectivity index (χ1v) is 40.6. The lowest BCUT2D eigenvalue weighted by Gasteiger charge is -2.15. The predicted molar refractivity (Wildman–Crippen MR) is 382 cm³/mol. The summed E-state index contributed by atoms with van der Waals surface area (Å²) in [6.45, 7) is 2.67. The monoisotopic (exact) mass is 1720 g/mol. The number of non-ortho nitro benzene ring substituents is 1. The minimum atomic E-state index is -5.75. The summed E-state index contributed by atoms with van der Waals surface area (Å²) >= 11 is 1.30. The molecule has 0 saturated heterocycles. The summed E-state index contributed by atoms with van der Waals surface area (Å²) in [7, 11) is -32.3. The number of nitro benzene ring substituents is 1. The maximum absolute atomic E-state index is 13.4. The summed E-state index contributed by atoms with van der Waals surface area (Å²) in [5, 5.41) is 119. The van der Waals surface area contributed by atoms with Crippen LogP contribution in [0.5, 0.6) is 28.7 Å². The highest BCUT2D eigenvalue weighted by Crippen LogP contribution is 2.52. The second kappa shape index (κ2) is 34.8. The molecule has 55 heteroatoms. The number of ether oxygens (including phenoxy) is 2. The molecule has 0 bridgehead atoms. The van der Waals surface area contributed by atoms with Crippen molar-refractivity contribution >= 4 is 197 Å². The van der Waals surface area contributed by atoms with Crippen LogP contribution in [0.2, 0.25) is 0 Å². The molecule has 0 spiro atoms. The van der Waals surface area contributed by atoms with Crippen LogP contribution in [0.3, 0.4) is 0 Å². The molecule has 0 atom stereocenters. The Bertz CT molecular complexity index is 6140. The second-order valence-electron chi connectivity index (χ2n) is 21.9. The first-order valence-electron chi connectivity index (χ1n) is 29.4. The Hall–Kier alpha value is -9.89. The number of hydrogen-bond acceptors (Lipinski definition) is 42. The van der Waals surface area contributed by atoms with Crippen LogP contribution in [0.4, 0.5) is 68.2 Å². The van der Waals surface area contributed by atoms with Crippen LogP contribution in [-0.4, -0.2) is 139 Å². The highest BCUT2D eigenvalue weighted by atomic mass is 32.2. The fourth-order valence-corrected chi connectivity index (χ4v) is 15.0. The molecule has 0 unspecified atom stereocenters. The molecule has 0 radical (unpaired) electrons. The van der Waals surface area contributed by atoms with Crippen molar-refractivity contribution in [1.82, 2.24) is 0 Å². The Morgan fingerprint density at radius 2 is 0.928 bits per heavy atom. The SMILES string of the molecule is Cc1cc(N=Nc2c(S(=O)(=O)O)cc3c(S(=O)(=O)O)c(N=Nc4cc(S(=O)(=O)O)c5cc(SOOO)c(N=Nc6ccc([N+](=O)[O-])cc6S(=O)(=O)O)c(O)c5c4N)ccc3c2O)c(OCCCSOOO)cc1N=Nc1cc(C)c(N=Nc2cc(S(=O)(=O)O)cc3cc(S(=O)(=O)O)cc(O)c23)cc1OCCCSOOO. The number of aryl methyl sites for hydroxylation is 2. The summed E-state index contributed by atoms with van der Waals surface area (Å²) in [5.74, 6) is -3.30. The lowest BCUT2D eigenvalue weighted by molar-refractivity contribution is -0.432. The first-order chi connectivity index (χ1) is 52.0. The van der Waals surface area contributed by atoms with Gasteiger partial charge in [-0.3, -0.25) is 37.4 Å². The van der Waals surface area contributed by atoms with Crippen LogP contribution >= 0.6 is 36.1 Å². The number of nitrogen functional groups attached to an aromatic ring is 1. The predicted octanol–water partition coefficient (Wildman–Crippen LogP) is 14.0. The van der Waals surface area contributed by atoms with E-state index >= 15 is 0 Å². The van der Waals surface area contributed by atoms with Crippen molar-refractivity contribution in [2.75, 3.05) is 30.5 Å². The lowest BCUT2D eigenvalue weighted by Crippen LogP contribution is -2.03. The number of aromatic hydroxyl groups is 3. The molecule has 0 amide bonds. The fraction of sp³-hybridized carbons (Fsp3) is 0.143. The number of nitro groups is 1. The molecule has 46 nitrogen and oxygen atoms in total. The Morgan fingerprint density at radius 3 is 1.45 bits per heavy atom. The number of phenolic OH excluding ortho intramolecular Hbond substituents is 3. The van der Waals surface area contributed by atoms with E-state index in [-0.39, 0.29) is 106 Å². The topological polar surface area (TPSA) is 714 Å². The highest BCUT2D eigenvalue weighted by molar-refractivity contribution is 7.95. The quantitative estimate of drug-likeness (QED) is 0.00260.